The lowest BCUT2D eigenvalue weighted by atomic mass is 9.98. The van der Waals surface area contributed by atoms with Crippen LogP contribution in [0.2, 0.25) is 0 Å². The maximum absolute atomic E-state index is 3.41. The maximum atomic E-state index is 3.41. The Morgan fingerprint density at radius 1 is 0.947 bits per heavy atom. The predicted octanol–water partition coefficient (Wildman–Crippen LogP) is 4.36. The molecule has 1 nitrogen and oxygen atoms in total. The zero-order valence-electron chi connectivity index (χ0n) is 11.5. The van der Waals surface area contributed by atoms with Crippen molar-refractivity contribution in [1.29, 1.82) is 0 Å². The van der Waals surface area contributed by atoms with E-state index < -0.39 is 0 Å². The number of nitrogens with one attached hydrogen (secondary N) is 1. The van der Waals surface area contributed by atoms with E-state index in [1.807, 2.05) is 7.05 Å². The van der Waals surface area contributed by atoms with Crippen LogP contribution in [-0.4, -0.2) is 7.05 Å². The molecule has 1 N–H and O–H groups in total. The zero-order valence-corrected chi connectivity index (χ0v) is 13.6. The molecular weight excluding hydrogens is 345 g/mol. The van der Waals surface area contributed by atoms with Crippen molar-refractivity contribution in [2.75, 3.05) is 7.05 Å². The van der Waals surface area contributed by atoms with Crippen molar-refractivity contribution in [1.82, 2.24) is 5.32 Å². The van der Waals surface area contributed by atoms with Crippen LogP contribution in [0.5, 0.6) is 0 Å². The van der Waals surface area contributed by atoms with E-state index >= 15 is 0 Å². The van der Waals surface area contributed by atoms with Crippen molar-refractivity contribution in [3.8, 4) is 0 Å². The summed E-state index contributed by atoms with van der Waals surface area (Å²) in [6.45, 7) is 2.19. The second-order valence-electron chi connectivity index (χ2n) is 4.77. The largest absolute Gasteiger partial charge is 0.313 e. The summed E-state index contributed by atoms with van der Waals surface area (Å²) in [5.74, 6) is 0. The fourth-order valence-electron chi connectivity index (χ4n) is 2.23. The molecule has 0 bridgehead atoms. The van der Waals surface area contributed by atoms with Crippen LogP contribution in [0.3, 0.4) is 0 Å². The summed E-state index contributed by atoms with van der Waals surface area (Å²) in [6, 6.07) is 18.1. The number of benzene rings is 2. The molecular formula is C17H20IN. The smallest absolute Gasteiger partial charge is 0.0358 e. The lowest BCUT2D eigenvalue weighted by molar-refractivity contribution is 0.592. The van der Waals surface area contributed by atoms with Crippen LogP contribution >= 0.6 is 22.6 Å². The third kappa shape index (κ3) is 4.05. The van der Waals surface area contributed by atoms with Crippen LogP contribution in [0.4, 0.5) is 0 Å². The van der Waals surface area contributed by atoms with Gasteiger partial charge in [0, 0.05) is 9.61 Å². The minimum Gasteiger partial charge on any atom is -0.313 e. The van der Waals surface area contributed by atoms with E-state index in [4.69, 9.17) is 0 Å². The Balaban J connectivity index is 2.11. The van der Waals surface area contributed by atoms with Gasteiger partial charge in [-0.25, -0.2) is 0 Å². The minimum absolute atomic E-state index is 0.379. The highest BCUT2D eigenvalue weighted by atomic mass is 127. The first-order chi connectivity index (χ1) is 9.22. The van der Waals surface area contributed by atoms with Crippen LogP contribution < -0.4 is 5.32 Å². The van der Waals surface area contributed by atoms with Crippen molar-refractivity contribution in [2.24, 2.45) is 0 Å². The Labute approximate surface area is 129 Å². The van der Waals surface area contributed by atoms with Crippen LogP contribution in [-0.2, 0) is 12.8 Å². The van der Waals surface area contributed by atoms with Gasteiger partial charge in [-0.15, -0.1) is 0 Å². The van der Waals surface area contributed by atoms with Gasteiger partial charge in [0.2, 0.25) is 0 Å². The van der Waals surface area contributed by atoms with Gasteiger partial charge in [-0.05, 0) is 71.3 Å². The summed E-state index contributed by atoms with van der Waals surface area (Å²) < 4.78 is 1.28. The quantitative estimate of drug-likeness (QED) is 0.777. The minimum atomic E-state index is 0.379. The van der Waals surface area contributed by atoms with E-state index in [0.29, 0.717) is 6.04 Å². The second kappa shape index (κ2) is 7.06. The molecule has 0 spiro atoms. The summed E-state index contributed by atoms with van der Waals surface area (Å²) in [4.78, 5) is 0. The van der Waals surface area contributed by atoms with Gasteiger partial charge in [0.05, 0.1) is 0 Å². The molecule has 1 unspecified atom stereocenters. The van der Waals surface area contributed by atoms with E-state index in [0.717, 1.165) is 12.8 Å². The lowest BCUT2D eigenvalue weighted by Gasteiger charge is -2.17. The molecule has 1 atom stereocenters. The topological polar surface area (TPSA) is 12.0 Å². The molecule has 0 heterocycles. The molecule has 0 fully saturated rings. The van der Waals surface area contributed by atoms with Gasteiger partial charge in [-0.3, -0.25) is 0 Å². The van der Waals surface area contributed by atoms with E-state index in [1.54, 1.807) is 0 Å². The van der Waals surface area contributed by atoms with E-state index in [-0.39, 0.29) is 0 Å². The number of hydrogen-bond donors (Lipinski definition) is 1. The SMILES string of the molecule is CCc1ccc(CC(NC)c2ccc(I)cc2)cc1. The first kappa shape index (κ1) is 14.5. The molecule has 2 aromatic carbocycles. The van der Waals surface area contributed by atoms with Gasteiger partial charge in [-0.2, -0.15) is 0 Å². The molecule has 19 heavy (non-hydrogen) atoms. The zero-order chi connectivity index (χ0) is 13.7. The number of hydrogen-bond acceptors (Lipinski definition) is 1. The van der Waals surface area contributed by atoms with E-state index in [1.165, 1.54) is 20.3 Å². The average Bonchev–Trinajstić information content (AvgIpc) is 2.46. The molecule has 0 amide bonds. The van der Waals surface area contributed by atoms with Crippen molar-refractivity contribution < 1.29 is 0 Å². The number of halogens is 1. The van der Waals surface area contributed by atoms with Gasteiger partial charge in [-0.1, -0.05) is 43.3 Å². The van der Waals surface area contributed by atoms with Gasteiger partial charge in [0.1, 0.15) is 0 Å². The third-order valence-electron chi connectivity index (χ3n) is 3.49. The average molecular weight is 365 g/mol. The normalized spacial score (nSPS) is 12.4. The van der Waals surface area contributed by atoms with E-state index in [9.17, 15) is 0 Å². The summed E-state index contributed by atoms with van der Waals surface area (Å²) in [5.41, 5.74) is 4.14. The fourth-order valence-corrected chi connectivity index (χ4v) is 2.59. The molecule has 2 aromatic rings. The predicted molar refractivity (Wildman–Crippen MR) is 90.5 cm³/mol. The molecule has 100 valence electrons. The molecule has 0 radical (unpaired) electrons. The molecule has 0 saturated heterocycles. The summed E-state index contributed by atoms with van der Waals surface area (Å²) in [6.07, 6.45) is 2.13. The number of aryl methyl sites for hydroxylation is 1. The first-order valence-corrected chi connectivity index (χ1v) is 7.81. The Hall–Kier alpha value is -0.870. The molecule has 0 saturated carbocycles. The summed E-state index contributed by atoms with van der Waals surface area (Å²) in [7, 11) is 2.03. The number of likely N-dealkylation sites (N-methyl/N-ethyl adjacent to an activating group) is 1. The summed E-state index contributed by atoms with van der Waals surface area (Å²) >= 11 is 2.34. The molecule has 2 rings (SSSR count). The van der Waals surface area contributed by atoms with Gasteiger partial charge in [0.25, 0.3) is 0 Å². The molecule has 0 aliphatic rings. The highest BCUT2D eigenvalue weighted by Crippen LogP contribution is 2.19. The fraction of sp³-hybridized carbons (Fsp3) is 0.294. The Morgan fingerprint density at radius 3 is 2.05 bits per heavy atom. The molecule has 0 aliphatic heterocycles. The van der Waals surface area contributed by atoms with Crippen molar-refractivity contribution in [3.63, 3.8) is 0 Å². The number of rotatable bonds is 5. The Bertz CT molecular complexity index is 502. The van der Waals surface area contributed by atoms with Gasteiger partial charge in [0.15, 0.2) is 0 Å². The maximum Gasteiger partial charge on any atom is 0.0358 e. The summed E-state index contributed by atoms with van der Waals surface area (Å²) in [5, 5.41) is 3.41. The second-order valence-corrected chi connectivity index (χ2v) is 6.01. The van der Waals surface area contributed by atoms with Crippen molar-refractivity contribution in [3.05, 3.63) is 68.8 Å². The van der Waals surface area contributed by atoms with Crippen molar-refractivity contribution in [2.45, 2.75) is 25.8 Å². The highest BCUT2D eigenvalue weighted by Gasteiger charge is 2.09. The lowest BCUT2D eigenvalue weighted by Crippen LogP contribution is -2.18. The van der Waals surface area contributed by atoms with E-state index in [2.05, 4.69) is 83.4 Å². The van der Waals surface area contributed by atoms with Crippen LogP contribution in [0.1, 0.15) is 29.7 Å². The van der Waals surface area contributed by atoms with Crippen LogP contribution in [0, 0.1) is 3.57 Å². The monoisotopic (exact) mass is 365 g/mol. The molecule has 2 heteroatoms. The van der Waals surface area contributed by atoms with Gasteiger partial charge >= 0.3 is 0 Å². The molecule has 0 aromatic heterocycles. The molecule has 0 aliphatic carbocycles. The van der Waals surface area contributed by atoms with Crippen molar-refractivity contribution >= 4 is 22.6 Å². The first-order valence-electron chi connectivity index (χ1n) is 6.73. The highest BCUT2D eigenvalue weighted by molar-refractivity contribution is 14.1. The Morgan fingerprint density at radius 2 is 1.53 bits per heavy atom. The third-order valence-corrected chi connectivity index (χ3v) is 4.21. The van der Waals surface area contributed by atoms with Crippen LogP contribution in [0.25, 0.3) is 0 Å². The van der Waals surface area contributed by atoms with Crippen LogP contribution in [0.15, 0.2) is 48.5 Å². The van der Waals surface area contributed by atoms with Gasteiger partial charge < -0.3 is 5.32 Å². The standard InChI is InChI=1S/C17H20IN/c1-3-13-4-6-14(7-5-13)12-17(19-2)15-8-10-16(18)11-9-15/h4-11,17,19H,3,12H2,1-2H3. The Kier molecular flexibility index (Phi) is 5.40.